The standard InChI is InChI=1S/C11H21N3/c1-9(2)5-4-6-10(3)7-8-14-11(12)13/h5,7-8,11H,4,6,12-13H2,1-3H3/b10-7+,14-8+. The molecule has 80 valence electrons. The van der Waals surface area contributed by atoms with Crippen molar-refractivity contribution < 1.29 is 0 Å². The predicted molar refractivity (Wildman–Crippen MR) is 63.1 cm³/mol. The van der Waals surface area contributed by atoms with Gasteiger partial charge in [-0.2, -0.15) is 0 Å². The molecule has 0 aliphatic rings. The molecule has 0 unspecified atom stereocenters. The van der Waals surface area contributed by atoms with Crippen LogP contribution in [0.5, 0.6) is 0 Å². The highest BCUT2D eigenvalue weighted by Crippen LogP contribution is 2.05. The largest absolute Gasteiger partial charge is 0.298 e. The van der Waals surface area contributed by atoms with Gasteiger partial charge in [-0.15, -0.1) is 0 Å². The Hall–Kier alpha value is -0.930. The Morgan fingerprint density at radius 3 is 2.43 bits per heavy atom. The van der Waals surface area contributed by atoms with Crippen LogP contribution in [-0.4, -0.2) is 12.5 Å². The van der Waals surface area contributed by atoms with E-state index in [2.05, 4.69) is 31.8 Å². The quantitative estimate of drug-likeness (QED) is 0.400. The van der Waals surface area contributed by atoms with Crippen molar-refractivity contribution >= 4 is 6.21 Å². The molecule has 0 heterocycles. The summed E-state index contributed by atoms with van der Waals surface area (Å²) in [5.74, 6) is 0. The number of nitrogens with zero attached hydrogens (tertiary/aromatic N) is 1. The van der Waals surface area contributed by atoms with E-state index in [-0.39, 0.29) is 0 Å². The Labute approximate surface area is 86.6 Å². The molecule has 0 amide bonds. The third-order valence-electron chi connectivity index (χ3n) is 1.71. The maximum atomic E-state index is 5.26. The van der Waals surface area contributed by atoms with Gasteiger partial charge in [-0.05, 0) is 39.7 Å². The van der Waals surface area contributed by atoms with E-state index in [0.717, 1.165) is 12.8 Å². The van der Waals surface area contributed by atoms with Gasteiger partial charge in [0.2, 0.25) is 0 Å². The lowest BCUT2D eigenvalue weighted by Gasteiger charge is -1.97. The summed E-state index contributed by atoms with van der Waals surface area (Å²) < 4.78 is 0. The van der Waals surface area contributed by atoms with Gasteiger partial charge in [-0.1, -0.05) is 17.2 Å². The normalized spacial score (nSPS) is 12.6. The van der Waals surface area contributed by atoms with Crippen molar-refractivity contribution in [2.45, 2.75) is 39.9 Å². The van der Waals surface area contributed by atoms with Crippen LogP contribution in [0.15, 0.2) is 28.3 Å². The van der Waals surface area contributed by atoms with Gasteiger partial charge in [0.25, 0.3) is 0 Å². The Bertz CT molecular complexity index is 233. The number of nitrogens with two attached hydrogens (primary N) is 2. The van der Waals surface area contributed by atoms with E-state index in [0.29, 0.717) is 0 Å². The summed E-state index contributed by atoms with van der Waals surface area (Å²) in [6.45, 7) is 6.29. The molecule has 0 aromatic heterocycles. The average Bonchev–Trinajstić information content (AvgIpc) is 2.02. The van der Waals surface area contributed by atoms with E-state index in [1.807, 2.05) is 6.08 Å². The maximum absolute atomic E-state index is 5.26. The van der Waals surface area contributed by atoms with Gasteiger partial charge in [-0.3, -0.25) is 16.5 Å². The second kappa shape index (κ2) is 7.47. The third kappa shape index (κ3) is 9.16. The molecule has 0 aromatic carbocycles. The van der Waals surface area contributed by atoms with Crippen LogP contribution in [-0.2, 0) is 0 Å². The zero-order valence-corrected chi connectivity index (χ0v) is 9.33. The monoisotopic (exact) mass is 195 g/mol. The van der Waals surface area contributed by atoms with Crippen LogP contribution in [0.3, 0.4) is 0 Å². The number of rotatable bonds is 5. The van der Waals surface area contributed by atoms with Crippen LogP contribution in [0.25, 0.3) is 0 Å². The lowest BCUT2D eigenvalue weighted by molar-refractivity contribution is 0.756. The summed E-state index contributed by atoms with van der Waals surface area (Å²) in [5.41, 5.74) is 13.2. The first-order chi connectivity index (χ1) is 6.52. The van der Waals surface area contributed by atoms with Gasteiger partial charge in [0, 0.05) is 6.21 Å². The first-order valence-electron chi connectivity index (χ1n) is 4.86. The molecule has 0 saturated carbocycles. The Kier molecular flexibility index (Phi) is 6.98. The van der Waals surface area contributed by atoms with Crippen molar-refractivity contribution in [3.63, 3.8) is 0 Å². The van der Waals surface area contributed by atoms with E-state index in [1.165, 1.54) is 11.1 Å². The van der Waals surface area contributed by atoms with Gasteiger partial charge in [0.05, 0.1) is 0 Å². The highest BCUT2D eigenvalue weighted by molar-refractivity contribution is 5.72. The van der Waals surface area contributed by atoms with Crippen molar-refractivity contribution in [2.75, 3.05) is 0 Å². The SMILES string of the molecule is CC(C)=CCC/C(C)=C/C=N/C(N)N. The van der Waals surface area contributed by atoms with Crippen molar-refractivity contribution in [2.24, 2.45) is 16.5 Å². The molecule has 0 bridgehead atoms. The molecule has 0 rings (SSSR count). The van der Waals surface area contributed by atoms with E-state index < -0.39 is 6.29 Å². The fraction of sp³-hybridized carbons (Fsp3) is 0.545. The van der Waals surface area contributed by atoms with Crippen molar-refractivity contribution in [1.82, 2.24) is 0 Å². The van der Waals surface area contributed by atoms with Gasteiger partial charge < -0.3 is 0 Å². The molecule has 0 spiro atoms. The number of allylic oxidation sites excluding steroid dienone is 4. The second-order valence-corrected chi connectivity index (χ2v) is 3.62. The molecule has 3 heteroatoms. The van der Waals surface area contributed by atoms with Gasteiger partial charge >= 0.3 is 0 Å². The summed E-state index contributed by atoms with van der Waals surface area (Å²) in [7, 11) is 0. The maximum Gasteiger partial charge on any atom is 0.148 e. The molecule has 0 aliphatic heterocycles. The van der Waals surface area contributed by atoms with Crippen LogP contribution in [0.4, 0.5) is 0 Å². The summed E-state index contributed by atoms with van der Waals surface area (Å²) in [4.78, 5) is 3.85. The molecule has 3 nitrogen and oxygen atoms in total. The zero-order chi connectivity index (χ0) is 11.0. The molecular weight excluding hydrogens is 174 g/mol. The minimum atomic E-state index is -0.600. The first kappa shape index (κ1) is 13.1. The minimum absolute atomic E-state index is 0.600. The summed E-state index contributed by atoms with van der Waals surface area (Å²) >= 11 is 0. The molecule has 0 saturated heterocycles. The topological polar surface area (TPSA) is 64.4 Å². The Morgan fingerprint density at radius 1 is 1.29 bits per heavy atom. The molecule has 0 atom stereocenters. The Morgan fingerprint density at radius 2 is 1.93 bits per heavy atom. The lowest BCUT2D eigenvalue weighted by atomic mass is 10.1. The van der Waals surface area contributed by atoms with Crippen LogP contribution >= 0.6 is 0 Å². The van der Waals surface area contributed by atoms with Crippen LogP contribution in [0.1, 0.15) is 33.6 Å². The highest BCUT2D eigenvalue weighted by atomic mass is 15.1. The fourth-order valence-corrected chi connectivity index (χ4v) is 0.942. The molecule has 0 radical (unpaired) electrons. The lowest BCUT2D eigenvalue weighted by Crippen LogP contribution is -2.27. The number of hydrogen-bond acceptors (Lipinski definition) is 3. The van der Waals surface area contributed by atoms with Crippen LogP contribution in [0.2, 0.25) is 0 Å². The zero-order valence-electron chi connectivity index (χ0n) is 9.33. The van der Waals surface area contributed by atoms with E-state index in [9.17, 15) is 0 Å². The Balaban J connectivity index is 3.84. The summed E-state index contributed by atoms with van der Waals surface area (Å²) in [6, 6.07) is 0. The minimum Gasteiger partial charge on any atom is -0.298 e. The van der Waals surface area contributed by atoms with Gasteiger partial charge in [0.15, 0.2) is 0 Å². The first-order valence-corrected chi connectivity index (χ1v) is 4.86. The molecule has 0 aliphatic carbocycles. The molecule has 0 fully saturated rings. The van der Waals surface area contributed by atoms with E-state index >= 15 is 0 Å². The molecule has 14 heavy (non-hydrogen) atoms. The number of hydrogen-bond donors (Lipinski definition) is 2. The summed E-state index contributed by atoms with van der Waals surface area (Å²) in [5, 5.41) is 0. The smallest absolute Gasteiger partial charge is 0.148 e. The predicted octanol–water partition coefficient (Wildman–Crippen LogP) is 1.95. The average molecular weight is 195 g/mol. The van der Waals surface area contributed by atoms with Gasteiger partial charge in [0.1, 0.15) is 6.29 Å². The molecule has 0 aromatic rings. The van der Waals surface area contributed by atoms with E-state index in [1.54, 1.807) is 6.21 Å². The fourth-order valence-electron chi connectivity index (χ4n) is 0.942. The van der Waals surface area contributed by atoms with Gasteiger partial charge in [-0.25, -0.2) is 0 Å². The highest BCUT2D eigenvalue weighted by Gasteiger charge is 1.87. The van der Waals surface area contributed by atoms with Crippen molar-refractivity contribution in [3.8, 4) is 0 Å². The molecule has 4 N–H and O–H groups in total. The summed E-state index contributed by atoms with van der Waals surface area (Å²) in [6.07, 6.45) is 7.37. The molecular formula is C11H21N3. The van der Waals surface area contributed by atoms with Crippen LogP contribution < -0.4 is 11.5 Å². The van der Waals surface area contributed by atoms with E-state index in [4.69, 9.17) is 11.5 Å². The number of aliphatic imine (C=N–C) groups is 1. The van der Waals surface area contributed by atoms with Crippen molar-refractivity contribution in [3.05, 3.63) is 23.3 Å². The second-order valence-electron chi connectivity index (χ2n) is 3.62. The van der Waals surface area contributed by atoms with Crippen LogP contribution in [0, 0.1) is 0 Å². The van der Waals surface area contributed by atoms with Crippen molar-refractivity contribution in [1.29, 1.82) is 0 Å². The third-order valence-corrected chi connectivity index (χ3v) is 1.71.